The van der Waals surface area contributed by atoms with Crippen molar-refractivity contribution in [2.45, 2.75) is 4.90 Å². The number of benzene rings is 2. The van der Waals surface area contributed by atoms with Gasteiger partial charge in [-0.25, -0.2) is 8.42 Å². The van der Waals surface area contributed by atoms with Gasteiger partial charge in [0.15, 0.2) is 17.1 Å². The zero-order chi connectivity index (χ0) is 17.2. The quantitative estimate of drug-likeness (QED) is 0.689. The lowest BCUT2D eigenvalue weighted by atomic mass is 10.2. The summed E-state index contributed by atoms with van der Waals surface area (Å²) in [7, 11) is -2.36. The number of furan rings is 1. The van der Waals surface area contributed by atoms with Crippen molar-refractivity contribution in [1.82, 2.24) is 10.3 Å². The number of methoxy groups -OCH3 is 1. The van der Waals surface area contributed by atoms with Crippen LogP contribution in [0.25, 0.3) is 11.0 Å². The van der Waals surface area contributed by atoms with Crippen molar-refractivity contribution < 1.29 is 22.4 Å². The zero-order valence-corrected chi connectivity index (χ0v) is 13.5. The summed E-state index contributed by atoms with van der Waals surface area (Å²) >= 11 is 0. The van der Waals surface area contributed by atoms with Crippen molar-refractivity contribution in [1.29, 1.82) is 0 Å². The molecule has 0 radical (unpaired) electrons. The number of carbonyl (C=O) groups excluding carboxylic acids is 1. The van der Waals surface area contributed by atoms with Crippen LogP contribution in [0.2, 0.25) is 0 Å². The number of hydrogen-bond acceptors (Lipinski definition) is 5. The van der Waals surface area contributed by atoms with E-state index in [0.717, 1.165) is 0 Å². The smallest absolute Gasteiger partial charge is 0.301 e. The van der Waals surface area contributed by atoms with Gasteiger partial charge < -0.3 is 9.15 Å². The summed E-state index contributed by atoms with van der Waals surface area (Å²) in [5.74, 6) is -0.269. The summed E-state index contributed by atoms with van der Waals surface area (Å²) in [6.45, 7) is 0. The maximum atomic E-state index is 12.1. The number of fused-ring (bicyclic) bond motifs is 1. The van der Waals surface area contributed by atoms with Gasteiger partial charge in [-0.3, -0.25) is 10.2 Å². The largest absolute Gasteiger partial charge is 0.493 e. The number of hydrogen-bond donors (Lipinski definition) is 2. The van der Waals surface area contributed by atoms with Gasteiger partial charge in [0.2, 0.25) is 0 Å². The Balaban J connectivity index is 1.78. The Labute approximate surface area is 138 Å². The molecule has 0 aliphatic heterocycles. The first kappa shape index (κ1) is 16.0. The third-order valence-electron chi connectivity index (χ3n) is 3.30. The lowest BCUT2D eigenvalue weighted by molar-refractivity contribution is 0.0919. The molecule has 1 aromatic heterocycles. The minimum atomic E-state index is -3.85. The Morgan fingerprint density at radius 2 is 1.83 bits per heavy atom. The number of ether oxygens (including phenoxy) is 1. The van der Waals surface area contributed by atoms with Crippen molar-refractivity contribution in [3.63, 3.8) is 0 Å². The van der Waals surface area contributed by atoms with Crippen molar-refractivity contribution in [2.24, 2.45) is 0 Å². The monoisotopic (exact) mass is 346 g/mol. The van der Waals surface area contributed by atoms with Gasteiger partial charge in [-0.2, -0.15) is 0 Å². The van der Waals surface area contributed by atoms with E-state index in [9.17, 15) is 13.2 Å². The van der Waals surface area contributed by atoms with E-state index < -0.39 is 15.9 Å². The second kappa shape index (κ2) is 6.34. The van der Waals surface area contributed by atoms with E-state index in [4.69, 9.17) is 9.15 Å². The van der Waals surface area contributed by atoms with Gasteiger partial charge in [0.25, 0.3) is 10.0 Å². The van der Waals surface area contributed by atoms with Crippen molar-refractivity contribution in [3.05, 3.63) is 60.4 Å². The standard InChI is InChI=1S/C16H14N2O5S/c1-22-13-9-5-6-11-10-14(23-15(11)13)16(19)17-18-24(20,21)12-7-3-2-4-8-12/h2-10,18H,1H3,(H,17,19). The summed E-state index contributed by atoms with van der Waals surface area (Å²) in [5.41, 5.74) is 2.54. The summed E-state index contributed by atoms with van der Waals surface area (Å²) < 4.78 is 34.7. The highest BCUT2D eigenvalue weighted by atomic mass is 32.2. The number of carbonyl (C=O) groups is 1. The molecule has 124 valence electrons. The number of sulfonamides is 1. The fourth-order valence-corrected chi connectivity index (χ4v) is 3.00. The first-order valence-corrected chi connectivity index (χ1v) is 8.43. The van der Waals surface area contributed by atoms with Gasteiger partial charge >= 0.3 is 5.91 Å². The Kier molecular flexibility index (Phi) is 4.24. The third-order valence-corrected chi connectivity index (χ3v) is 4.57. The molecule has 0 fully saturated rings. The van der Waals surface area contributed by atoms with Crippen LogP contribution in [0.1, 0.15) is 10.6 Å². The number of hydrazine groups is 1. The van der Waals surface area contributed by atoms with Crippen LogP contribution in [0.3, 0.4) is 0 Å². The van der Waals surface area contributed by atoms with Crippen molar-refractivity contribution >= 4 is 26.9 Å². The first-order valence-electron chi connectivity index (χ1n) is 6.95. The molecule has 7 nitrogen and oxygen atoms in total. The molecule has 3 aromatic rings. The zero-order valence-electron chi connectivity index (χ0n) is 12.6. The van der Waals surface area contributed by atoms with Gasteiger partial charge in [0.05, 0.1) is 12.0 Å². The molecule has 0 unspecified atom stereocenters. The Morgan fingerprint density at radius 3 is 2.54 bits per heavy atom. The number of nitrogens with one attached hydrogen (secondary N) is 2. The first-order chi connectivity index (χ1) is 11.5. The van der Waals surface area contributed by atoms with E-state index in [1.165, 1.54) is 25.3 Å². The van der Waals surface area contributed by atoms with Crippen LogP contribution in [0.4, 0.5) is 0 Å². The van der Waals surface area contributed by atoms with Gasteiger partial charge in [-0.1, -0.05) is 30.3 Å². The topological polar surface area (TPSA) is 97.6 Å². The van der Waals surface area contributed by atoms with Gasteiger partial charge in [-0.15, -0.1) is 4.83 Å². The number of amides is 1. The van der Waals surface area contributed by atoms with Crippen molar-refractivity contribution in [3.8, 4) is 5.75 Å². The van der Waals surface area contributed by atoms with E-state index in [1.807, 2.05) is 4.83 Å². The van der Waals surface area contributed by atoms with Gasteiger partial charge in [0.1, 0.15) is 0 Å². The molecule has 0 aliphatic rings. The molecule has 0 saturated heterocycles. The highest BCUT2D eigenvalue weighted by Gasteiger charge is 2.18. The van der Waals surface area contributed by atoms with Crippen LogP contribution >= 0.6 is 0 Å². The maximum absolute atomic E-state index is 12.1. The Bertz CT molecular complexity index is 980. The van der Waals surface area contributed by atoms with E-state index in [2.05, 4.69) is 5.43 Å². The number of rotatable bonds is 5. The van der Waals surface area contributed by atoms with Gasteiger partial charge in [0, 0.05) is 5.39 Å². The molecule has 0 saturated carbocycles. The fraction of sp³-hybridized carbons (Fsp3) is 0.0625. The SMILES string of the molecule is COc1cccc2cc(C(=O)NNS(=O)(=O)c3ccccc3)oc12. The normalized spacial score (nSPS) is 11.4. The molecule has 1 amide bonds. The maximum Gasteiger partial charge on any atom is 0.301 e. The van der Waals surface area contributed by atoms with Crippen LogP contribution in [-0.4, -0.2) is 21.4 Å². The summed E-state index contributed by atoms with van der Waals surface area (Å²) in [6.07, 6.45) is 0. The summed E-state index contributed by atoms with van der Waals surface area (Å²) in [5, 5.41) is 0.672. The average Bonchev–Trinajstić information content (AvgIpc) is 3.05. The van der Waals surface area contributed by atoms with Crippen LogP contribution in [-0.2, 0) is 10.0 Å². The molecule has 24 heavy (non-hydrogen) atoms. The Hall–Kier alpha value is -2.84. The molecule has 0 atom stereocenters. The predicted molar refractivity (Wildman–Crippen MR) is 87.0 cm³/mol. The average molecular weight is 346 g/mol. The molecule has 0 spiro atoms. The molecule has 2 N–H and O–H groups in total. The molecule has 8 heteroatoms. The minimum absolute atomic E-state index is 0.0368. The molecule has 2 aromatic carbocycles. The van der Waals surface area contributed by atoms with Crippen LogP contribution in [0.15, 0.2) is 63.9 Å². The van der Waals surface area contributed by atoms with E-state index in [-0.39, 0.29) is 10.7 Å². The van der Waals surface area contributed by atoms with Crippen LogP contribution in [0.5, 0.6) is 5.75 Å². The van der Waals surface area contributed by atoms with E-state index in [0.29, 0.717) is 16.7 Å². The molecule has 3 rings (SSSR count). The summed E-state index contributed by atoms with van der Waals surface area (Å²) in [6, 6.07) is 14.4. The molecule has 1 heterocycles. The molecular formula is C16H14N2O5S. The van der Waals surface area contributed by atoms with Gasteiger partial charge in [-0.05, 0) is 24.3 Å². The lowest BCUT2D eigenvalue weighted by Gasteiger charge is -2.06. The predicted octanol–water partition coefficient (Wildman–Crippen LogP) is 2.06. The second-order valence-electron chi connectivity index (χ2n) is 4.86. The lowest BCUT2D eigenvalue weighted by Crippen LogP contribution is -2.41. The fourth-order valence-electron chi connectivity index (χ4n) is 2.14. The Morgan fingerprint density at radius 1 is 1.08 bits per heavy atom. The van der Waals surface area contributed by atoms with Crippen LogP contribution in [0, 0.1) is 0 Å². The number of para-hydroxylation sites is 1. The minimum Gasteiger partial charge on any atom is -0.493 e. The second-order valence-corrected chi connectivity index (χ2v) is 6.54. The third kappa shape index (κ3) is 3.10. The summed E-state index contributed by atoms with van der Waals surface area (Å²) in [4.78, 5) is 14.2. The van der Waals surface area contributed by atoms with E-state index in [1.54, 1.807) is 36.4 Å². The van der Waals surface area contributed by atoms with Crippen molar-refractivity contribution in [2.75, 3.05) is 7.11 Å². The molecular weight excluding hydrogens is 332 g/mol. The highest BCUT2D eigenvalue weighted by Crippen LogP contribution is 2.28. The van der Waals surface area contributed by atoms with E-state index >= 15 is 0 Å². The van der Waals surface area contributed by atoms with Crippen LogP contribution < -0.4 is 15.0 Å². The molecule has 0 bridgehead atoms. The highest BCUT2D eigenvalue weighted by molar-refractivity contribution is 7.89. The molecule has 0 aliphatic carbocycles.